The molecule has 0 atom stereocenters. The minimum Gasteiger partial charge on any atom is -0.493 e. The molecule has 1 aromatic rings. The molecule has 1 N–H and O–H groups in total. The second-order valence-electron chi connectivity index (χ2n) is 7.19. The molecule has 1 amide bonds. The van der Waals surface area contributed by atoms with Gasteiger partial charge in [0.25, 0.3) is 0 Å². The summed E-state index contributed by atoms with van der Waals surface area (Å²) in [6, 6.07) is 6.05. The number of methoxy groups -OCH3 is 2. The number of hydrogen-bond donors (Lipinski definition) is 1. The van der Waals surface area contributed by atoms with Crippen LogP contribution >= 0.6 is 0 Å². The Morgan fingerprint density at radius 1 is 1.19 bits per heavy atom. The maximum Gasteiger partial charge on any atom is 0.223 e. The van der Waals surface area contributed by atoms with E-state index >= 15 is 0 Å². The molecule has 0 aromatic heterocycles. The van der Waals surface area contributed by atoms with Crippen molar-refractivity contribution in [2.45, 2.75) is 25.8 Å². The molecule has 0 radical (unpaired) electrons. The number of amides is 1. The molecule has 0 spiro atoms. The number of nitrogens with one attached hydrogen (secondary N) is 1. The van der Waals surface area contributed by atoms with Gasteiger partial charge in [0.15, 0.2) is 11.5 Å². The molecule has 26 heavy (non-hydrogen) atoms. The Hall–Kier alpha value is -1.79. The first-order chi connectivity index (χ1) is 12.5. The smallest absolute Gasteiger partial charge is 0.223 e. The van der Waals surface area contributed by atoms with Gasteiger partial charge in [0.05, 0.1) is 14.2 Å². The molecular formula is C20H33N3O3. The lowest BCUT2D eigenvalue weighted by Gasteiger charge is -2.31. The molecule has 1 aromatic carbocycles. The quantitative estimate of drug-likeness (QED) is 0.680. The summed E-state index contributed by atoms with van der Waals surface area (Å²) in [4.78, 5) is 16.8. The zero-order chi connectivity index (χ0) is 18.9. The Balaban J connectivity index is 1.75. The summed E-state index contributed by atoms with van der Waals surface area (Å²) >= 11 is 0. The van der Waals surface area contributed by atoms with Crippen LogP contribution in [-0.2, 0) is 11.3 Å². The normalized spacial score (nSPS) is 15.9. The molecule has 0 bridgehead atoms. The van der Waals surface area contributed by atoms with Gasteiger partial charge >= 0.3 is 0 Å². The van der Waals surface area contributed by atoms with Crippen LogP contribution in [0.5, 0.6) is 11.5 Å². The van der Waals surface area contributed by atoms with E-state index in [1.807, 2.05) is 12.1 Å². The number of likely N-dealkylation sites (tertiary alicyclic amines) is 1. The van der Waals surface area contributed by atoms with E-state index in [9.17, 15) is 4.79 Å². The fourth-order valence-electron chi connectivity index (χ4n) is 3.34. The van der Waals surface area contributed by atoms with Crippen molar-refractivity contribution < 1.29 is 14.3 Å². The van der Waals surface area contributed by atoms with E-state index < -0.39 is 0 Å². The first-order valence-electron chi connectivity index (χ1n) is 9.39. The van der Waals surface area contributed by atoms with Crippen molar-refractivity contribution in [1.82, 2.24) is 15.1 Å². The van der Waals surface area contributed by atoms with Gasteiger partial charge in [0.1, 0.15) is 0 Å². The third-order valence-corrected chi connectivity index (χ3v) is 4.89. The number of ether oxygens (including phenoxy) is 2. The van der Waals surface area contributed by atoms with Crippen molar-refractivity contribution in [3.05, 3.63) is 23.8 Å². The summed E-state index contributed by atoms with van der Waals surface area (Å²) in [6.07, 6.45) is 2.84. The highest BCUT2D eigenvalue weighted by atomic mass is 16.5. The molecule has 0 saturated carbocycles. The number of carbonyl (C=O) groups excluding carboxylic acids is 1. The van der Waals surface area contributed by atoms with Gasteiger partial charge < -0.3 is 19.7 Å². The second kappa shape index (κ2) is 10.4. The highest BCUT2D eigenvalue weighted by Gasteiger charge is 2.24. The minimum absolute atomic E-state index is 0.149. The van der Waals surface area contributed by atoms with E-state index in [-0.39, 0.29) is 11.8 Å². The van der Waals surface area contributed by atoms with Crippen LogP contribution in [0.1, 0.15) is 24.8 Å². The summed E-state index contributed by atoms with van der Waals surface area (Å²) in [5, 5.41) is 3.09. The van der Waals surface area contributed by atoms with Crippen molar-refractivity contribution in [3.8, 4) is 11.5 Å². The van der Waals surface area contributed by atoms with E-state index in [2.05, 4.69) is 35.3 Å². The van der Waals surface area contributed by atoms with Crippen molar-refractivity contribution >= 4 is 5.91 Å². The molecule has 6 nitrogen and oxygen atoms in total. The van der Waals surface area contributed by atoms with Gasteiger partial charge in [0.2, 0.25) is 5.91 Å². The van der Waals surface area contributed by atoms with E-state index in [0.29, 0.717) is 0 Å². The maximum atomic E-state index is 12.3. The van der Waals surface area contributed by atoms with E-state index in [1.54, 1.807) is 14.2 Å². The van der Waals surface area contributed by atoms with Gasteiger partial charge in [-0.15, -0.1) is 0 Å². The standard InChI is InChI=1S/C20H33N3O3/c1-22(2)11-5-10-21-20(24)17-8-12-23(13-9-17)15-16-6-7-18(25-3)19(14-16)26-4/h6-7,14,17H,5,8-13,15H2,1-4H3,(H,21,24). The average Bonchev–Trinajstić information content (AvgIpc) is 2.65. The van der Waals surface area contributed by atoms with Gasteiger partial charge in [-0.25, -0.2) is 0 Å². The largest absolute Gasteiger partial charge is 0.493 e. The molecule has 1 saturated heterocycles. The lowest BCUT2D eigenvalue weighted by atomic mass is 9.95. The summed E-state index contributed by atoms with van der Waals surface area (Å²) < 4.78 is 10.7. The topological polar surface area (TPSA) is 54.0 Å². The number of rotatable bonds is 9. The molecule has 1 aliphatic rings. The van der Waals surface area contributed by atoms with E-state index in [1.165, 1.54) is 5.56 Å². The number of piperidine rings is 1. The van der Waals surface area contributed by atoms with Crippen LogP contribution < -0.4 is 14.8 Å². The van der Waals surface area contributed by atoms with Crippen LogP contribution in [0.3, 0.4) is 0 Å². The van der Waals surface area contributed by atoms with E-state index in [4.69, 9.17) is 9.47 Å². The molecule has 2 rings (SSSR count). The molecule has 146 valence electrons. The summed E-state index contributed by atoms with van der Waals surface area (Å²) in [5.41, 5.74) is 1.20. The fraction of sp³-hybridized carbons (Fsp3) is 0.650. The van der Waals surface area contributed by atoms with Crippen molar-refractivity contribution in [2.75, 3.05) is 54.5 Å². The number of hydrogen-bond acceptors (Lipinski definition) is 5. The highest BCUT2D eigenvalue weighted by Crippen LogP contribution is 2.28. The van der Waals surface area contributed by atoms with Crippen LogP contribution in [0.25, 0.3) is 0 Å². The zero-order valence-corrected chi connectivity index (χ0v) is 16.6. The maximum absolute atomic E-state index is 12.3. The van der Waals surface area contributed by atoms with Crippen LogP contribution in [0.4, 0.5) is 0 Å². The van der Waals surface area contributed by atoms with Gasteiger partial charge in [-0.2, -0.15) is 0 Å². The Morgan fingerprint density at radius 3 is 2.50 bits per heavy atom. The lowest BCUT2D eigenvalue weighted by molar-refractivity contribution is -0.126. The molecule has 0 aliphatic carbocycles. The second-order valence-corrected chi connectivity index (χ2v) is 7.19. The predicted octanol–water partition coefficient (Wildman–Crippen LogP) is 1.98. The van der Waals surface area contributed by atoms with Gasteiger partial charge in [-0.3, -0.25) is 9.69 Å². The Morgan fingerprint density at radius 2 is 1.88 bits per heavy atom. The molecule has 6 heteroatoms. The van der Waals surface area contributed by atoms with Crippen molar-refractivity contribution in [3.63, 3.8) is 0 Å². The van der Waals surface area contributed by atoms with Crippen molar-refractivity contribution in [2.24, 2.45) is 5.92 Å². The van der Waals surface area contributed by atoms with Gasteiger partial charge in [-0.1, -0.05) is 6.07 Å². The molecular weight excluding hydrogens is 330 g/mol. The fourth-order valence-corrected chi connectivity index (χ4v) is 3.34. The summed E-state index contributed by atoms with van der Waals surface area (Å²) in [7, 11) is 7.41. The number of nitrogens with zero attached hydrogens (tertiary/aromatic N) is 2. The first-order valence-corrected chi connectivity index (χ1v) is 9.39. The third-order valence-electron chi connectivity index (χ3n) is 4.89. The Labute approximate surface area is 157 Å². The Kier molecular flexibility index (Phi) is 8.19. The number of carbonyl (C=O) groups is 1. The Bertz CT molecular complexity index is 569. The molecule has 0 unspecified atom stereocenters. The van der Waals surface area contributed by atoms with E-state index in [0.717, 1.165) is 63.5 Å². The predicted molar refractivity (Wildman–Crippen MR) is 104 cm³/mol. The average molecular weight is 364 g/mol. The van der Waals surface area contributed by atoms with Crippen molar-refractivity contribution in [1.29, 1.82) is 0 Å². The lowest BCUT2D eigenvalue weighted by Crippen LogP contribution is -2.40. The molecule has 1 fully saturated rings. The van der Waals surface area contributed by atoms with Crippen LogP contribution in [0, 0.1) is 5.92 Å². The van der Waals surface area contributed by atoms with Gasteiger partial charge in [-0.05, 0) is 70.7 Å². The minimum atomic E-state index is 0.149. The monoisotopic (exact) mass is 363 g/mol. The van der Waals surface area contributed by atoms with Gasteiger partial charge in [0, 0.05) is 19.0 Å². The highest BCUT2D eigenvalue weighted by molar-refractivity contribution is 5.78. The van der Waals surface area contributed by atoms with Crippen LogP contribution in [-0.4, -0.2) is 70.2 Å². The SMILES string of the molecule is COc1ccc(CN2CCC(C(=O)NCCCN(C)C)CC2)cc1OC. The summed E-state index contributed by atoms with van der Waals surface area (Å²) in [5.74, 6) is 1.88. The van der Waals surface area contributed by atoms with Crippen LogP contribution in [0.2, 0.25) is 0 Å². The van der Waals surface area contributed by atoms with Crippen LogP contribution in [0.15, 0.2) is 18.2 Å². The zero-order valence-electron chi connectivity index (χ0n) is 16.6. The third kappa shape index (κ3) is 6.18. The summed E-state index contributed by atoms with van der Waals surface area (Å²) in [6.45, 7) is 4.54. The molecule has 1 heterocycles. The first kappa shape index (κ1) is 20.5. The number of benzene rings is 1. The molecule has 1 aliphatic heterocycles.